The summed E-state index contributed by atoms with van der Waals surface area (Å²) in [5.41, 5.74) is 0. The first-order valence-electron chi connectivity index (χ1n) is 5.28. The minimum absolute atomic E-state index is 0.173. The maximum atomic E-state index is 11.7. The third-order valence-corrected chi connectivity index (χ3v) is 3.21. The number of rotatable bonds is 4. The van der Waals surface area contributed by atoms with Gasteiger partial charge in [0.15, 0.2) is 0 Å². The van der Waals surface area contributed by atoms with E-state index in [1.165, 1.54) is 6.08 Å². The number of allylic oxidation sites excluding steroid dienone is 3. The monoisotopic (exact) mass is 253 g/mol. The topological polar surface area (TPSA) is 63.2 Å². The number of carbonyl (C=O) groups excluding carboxylic acids is 1. The van der Waals surface area contributed by atoms with Gasteiger partial charge in [-0.15, -0.1) is 6.58 Å². The second-order valence-electron chi connectivity index (χ2n) is 3.79. The zero-order valence-corrected chi connectivity index (χ0v) is 10.4. The first kappa shape index (κ1) is 13.4. The van der Waals surface area contributed by atoms with E-state index in [9.17, 15) is 13.2 Å². The van der Waals surface area contributed by atoms with Crippen LogP contribution in [0.2, 0.25) is 0 Å². The molecule has 17 heavy (non-hydrogen) atoms. The van der Waals surface area contributed by atoms with Gasteiger partial charge in [0.1, 0.15) is 0 Å². The lowest BCUT2D eigenvalue weighted by Crippen LogP contribution is -2.42. The third kappa shape index (κ3) is 3.71. The number of hydrogen-bond donors (Lipinski definition) is 1. The summed E-state index contributed by atoms with van der Waals surface area (Å²) in [5.74, 6) is -0.397. The Labute approximate surface area is 102 Å². The van der Waals surface area contributed by atoms with E-state index in [4.69, 9.17) is 0 Å². The van der Waals surface area contributed by atoms with Gasteiger partial charge in [0.2, 0.25) is 16.2 Å². The van der Waals surface area contributed by atoms with Crippen LogP contribution in [0, 0.1) is 5.92 Å². The Kier molecular flexibility index (Phi) is 4.90. The van der Waals surface area contributed by atoms with Crippen molar-refractivity contribution in [2.45, 2.75) is 19.4 Å². The van der Waals surface area contributed by atoms with E-state index in [1.54, 1.807) is 31.2 Å². The van der Waals surface area contributed by atoms with Crippen molar-refractivity contribution >= 4 is 21.1 Å². The zero-order chi connectivity index (χ0) is 12.8. The molecule has 0 saturated heterocycles. The summed E-state index contributed by atoms with van der Waals surface area (Å²) in [7, 11) is -2.32. The molecule has 92 valence electrons. The molecular formula is C12H15NO3S. The van der Waals surface area contributed by atoms with Crippen LogP contribution in [0.3, 0.4) is 0 Å². The van der Waals surface area contributed by atoms with Gasteiger partial charge in [-0.2, -0.15) is 8.42 Å². The van der Waals surface area contributed by atoms with E-state index >= 15 is 0 Å². The Morgan fingerprint density at radius 2 is 2.29 bits per heavy atom. The van der Waals surface area contributed by atoms with Crippen LogP contribution in [0.4, 0.5) is 0 Å². The highest BCUT2D eigenvalue weighted by atomic mass is 32.2. The minimum Gasteiger partial charge on any atom is -0.345 e. The summed E-state index contributed by atoms with van der Waals surface area (Å²) < 4.78 is 21.9. The molecule has 0 heterocycles. The van der Waals surface area contributed by atoms with Crippen LogP contribution in [0.15, 0.2) is 37.0 Å². The second kappa shape index (κ2) is 6.20. The van der Waals surface area contributed by atoms with E-state index in [1.807, 2.05) is 0 Å². The maximum absolute atomic E-state index is 11.7. The number of carbonyl (C=O) groups is 1. The molecule has 0 aromatic carbocycles. The Morgan fingerprint density at radius 1 is 1.59 bits per heavy atom. The lowest BCUT2D eigenvalue weighted by molar-refractivity contribution is -0.124. The van der Waals surface area contributed by atoms with Gasteiger partial charge in [0, 0.05) is 5.92 Å². The highest BCUT2D eigenvalue weighted by molar-refractivity contribution is 7.73. The van der Waals surface area contributed by atoms with Crippen LogP contribution >= 0.6 is 0 Å². The summed E-state index contributed by atoms with van der Waals surface area (Å²) in [4.78, 5) is 11.9. The van der Waals surface area contributed by atoms with Crippen LogP contribution < -0.4 is 5.32 Å². The molecular weight excluding hydrogens is 238 g/mol. The van der Waals surface area contributed by atoms with Crippen molar-refractivity contribution < 1.29 is 13.2 Å². The van der Waals surface area contributed by atoms with Crippen molar-refractivity contribution in [3.63, 3.8) is 0 Å². The van der Waals surface area contributed by atoms with E-state index in [2.05, 4.69) is 11.9 Å². The fraction of sp³-hybridized carbons (Fsp3) is 0.333. The molecule has 0 radical (unpaired) electrons. The molecule has 0 aromatic rings. The lowest BCUT2D eigenvalue weighted by Gasteiger charge is -2.18. The van der Waals surface area contributed by atoms with Gasteiger partial charge in [-0.3, -0.25) is 4.79 Å². The van der Waals surface area contributed by atoms with Gasteiger partial charge < -0.3 is 5.32 Å². The molecule has 0 spiro atoms. The molecule has 0 bridgehead atoms. The minimum atomic E-state index is -2.32. The van der Waals surface area contributed by atoms with Gasteiger partial charge in [-0.25, -0.2) is 0 Å². The maximum Gasteiger partial charge on any atom is 0.223 e. The Morgan fingerprint density at radius 3 is 2.88 bits per heavy atom. The van der Waals surface area contributed by atoms with Gasteiger partial charge in [-0.05, 0) is 12.5 Å². The smallest absolute Gasteiger partial charge is 0.223 e. The molecule has 0 aromatic heterocycles. The normalized spacial score (nSPS) is 19.8. The second-order valence-corrected chi connectivity index (χ2v) is 4.73. The predicted octanol–water partition coefficient (Wildman–Crippen LogP) is 0.861. The van der Waals surface area contributed by atoms with Crippen LogP contribution in [-0.4, -0.2) is 25.2 Å². The Hall–Kier alpha value is -1.62. The van der Waals surface area contributed by atoms with E-state index in [0.717, 1.165) is 0 Å². The molecule has 5 heteroatoms. The average molecular weight is 253 g/mol. The Bertz CT molecular complexity index is 492. The predicted molar refractivity (Wildman–Crippen MR) is 68.1 cm³/mol. The van der Waals surface area contributed by atoms with Crippen molar-refractivity contribution in [3.05, 3.63) is 37.0 Å². The summed E-state index contributed by atoms with van der Waals surface area (Å²) in [6, 6.07) is -0.571. The average Bonchev–Trinajstić information content (AvgIpc) is 2.29. The SMILES string of the molecule is C=CCC(C)C(=O)NC1C=CC=CC1=S(=O)=O. The van der Waals surface area contributed by atoms with Crippen molar-refractivity contribution in [2.75, 3.05) is 0 Å². The summed E-state index contributed by atoms with van der Waals surface area (Å²) in [5, 5.41) is 2.68. The molecule has 1 rings (SSSR count). The molecule has 0 aliphatic heterocycles. The lowest BCUT2D eigenvalue weighted by atomic mass is 10.0. The van der Waals surface area contributed by atoms with E-state index in [0.29, 0.717) is 6.42 Å². The van der Waals surface area contributed by atoms with Gasteiger partial charge in [0.05, 0.1) is 10.9 Å². The largest absolute Gasteiger partial charge is 0.345 e. The van der Waals surface area contributed by atoms with Crippen LogP contribution in [-0.2, 0) is 15.1 Å². The van der Waals surface area contributed by atoms with Crippen LogP contribution in [0.1, 0.15) is 13.3 Å². The molecule has 2 unspecified atom stereocenters. The summed E-state index contributed by atoms with van der Waals surface area (Å²) >= 11 is 0. The van der Waals surface area contributed by atoms with Crippen molar-refractivity contribution in [1.82, 2.24) is 5.32 Å². The van der Waals surface area contributed by atoms with Gasteiger partial charge in [0.25, 0.3) is 0 Å². The zero-order valence-electron chi connectivity index (χ0n) is 9.59. The number of amides is 1. The molecule has 4 nitrogen and oxygen atoms in total. The fourth-order valence-electron chi connectivity index (χ4n) is 1.46. The summed E-state index contributed by atoms with van der Waals surface area (Å²) in [6.45, 7) is 5.34. The molecule has 1 N–H and O–H groups in total. The number of nitrogens with one attached hydrogen (secondary N) is 1. The van der Waals surface area contributed by atoms with E-state index in [-0.39, 0.29) is 16.7 Å². The standard InChI is InChI=1S/C12H15NO3S/c1-3-6-9(2)12(14)13-10-7-4-5-8-11(10)17(15)16/h3-5,7-10H,1,6H2,2H3,(H,13,14). The van der Waals surface area contributed by atoms with Crippen LogP contribution in [0.25, 0.3) is 0 Å². The number of hydrogen-bond acceptors (Lipinski definition) is 3. The summed E-state index contributed by atoms with van der Waals surface area (Å²) in [6.07, 6.45) is 8.68. The van der Waals surface area contributed by atoms with E-state index < -0.39 is 16.3 Å². The fourth-order valence-corrected chi connectivity index (χ4v) is 1.99. The third-order valence-electron chi connectivity index (χ3n) is 2.44. The molecule has 1 amide bonds. The van der Waals surface area contributed by atoms with Gasteiger partial charge >= 0.3 is 0 Å². The molecule has 1 aliphatic carbocycles. The van der Waals surface area contributed by atoms with Crippen LogP contribution in [0.5, 0.6) is 0 Å². The first-order valence-corrected chi connectivity index (χ1v) is 6.36. The van der Waals surface area contributed by atoms with Crippen molar-refractivity contribution in [3.8, 4) is 0 Å². The molecule has 2 atom stereocenters. The van der Waals surface area contributed by atoms with Crippen molar-refractivity contribution in [1.29, 1.82) is 0 Å². The molecule has 0 fully saturated rings. The molecule has 0 saturated carbocycles. The highest BCUT2D eigenvalue weighted by Crippen LogP contribution is 2.05. The van der Waals surface area contributed by atoms with Crippen molar-refractivity contribution in [2.24, 2.45) is 5.92 Å². The Balaban J connectivity index is 2.78. The molecule has 1 aliphatic rings. The first-order chi connectivity index (χ1) is 8.06. The highest BCUT2D eigenvalue weighted by Gasteiger charge is 2.19. The quantitative estimate of drug-likeness (QED) is 0.597. The van der Waals surface area contributed by atoms with Gasteiger partial charge in [-0.1, -0.05) is 31.2 Å².